The number of para-hydroxylation sites is 2. The first-order chi connectivity index (χ1) is 16.0. The summed E-state index contributed by atoms with van der Waals surface area (Å²) in [6.45, 7) is 4.77. The summed E-state index contributed by atoms with van der Waals surface area (Å²) in [5, 5.41) is 11.2. The quantitative estimate of drug-likeness (QED) is 0.276. The Labute approximate surface area is 193 Å². The van der Waals surface area contributed by atoms with Gasteiger partial charge in [0.1, 0.15) is 11.5 Å². The molecule has 0 aromatic heterocycles. The summed E-state index contributed by atoms with van der Waals surface area (Å²) in [6.07, 6.45) is 2.36. The van der Waals surface area contributed by atoms with Gasteiger partial charge < -0.3 is 18.9 Å². The van der Waals surface area contributed by atoms with Crippen LogP contribution in [-0.2, 0) is 0 Å². The smallest absolute Gasteiger partial charge is 0.235 e. The van der Waals surface area contributed by atoms with Crippen molar-refractivity contribution in [3.63, 3.8) is 0 Å². The second kappa shape index (κ2) is 11.0. The fourth-order valence-corrected chi connectivity index (χ4v) is 3.73. The molecule has 0 aliphatic heterocycles. The van der Waals surface area contributed by atoms with E-state index < -0.39 is 4.92 Å². The van der Waals surface area contributed by atoms with Crippen LogP contribution in [0.1, 0.15) is 19.4 Å². The van der Waals surface area contributed by atoms with Gasteiger partial charge >= 0.3 is 0 Å². The van der Waals surface area contributed by atoms with Crippen LogP contribution >= 0.6 is 0 Å². The van der Waals surface area contributed by atoms with E-state index in [4.69, 9.17) is 18.9 Å². The van der Waals surface area contributed by atoms with Crippen LogP contribution in [0.4, 0.5) is 0 Å². The molecular formula is C26H27NO6. The molecule has 0 aliphatic carbocycles. The van der Waals surface area contributed by atoms with Gasteiger partial charge in [-0.2, -0.15) is 0 Å². The fraction of sp³-hybridized carbons (Fsp3) is 0.231. The summed E-state index contributed by atoms with van der Waals surface area (Å²) in [7, 11) is 3.11. The Bertz CT molecular complexity index is 1160. The topological polar surface area (TPSA) is 80.1 Å². The van der Waals surface area contributed by atoms with Gasteiger partial charge in [-0.05, 0) is 37.6 Å². The molecule has 0 fully saturated rings. The predicted octanol–water partition coefficient (Wildman–Crippen LogP) is 6.08. The second-order valence-corrected chi connectivity index (χ2v) is 6.91. The van der Waals surface area contributed by atoms with Crippen molar-refractivity contribution in [2.75, 3.05) is 27.4 Å². The van der Waals surface area contributed by atoms with E-state index in [1.807, 2.05) is 68.4 Å². The highest BCUT2D eigenvalue weighted by Crippen LogP contribution is 2.50. The first-order valence-corrected chi connectivity index (χ1v) is 10.6. The number of hydrogen-bond acceptors (Lipinski definition) is 6. The molecule has 0 atom stereocenters. The van der Waals surface area contributed by atoms with E-state index >= 15 is 0 Å². The minimum Gasteiger partial charge on any atom is -0.493 e. The zero-order chi connectivity index (χ0) is 23.8. The first-order valence-electron chi connectivity index (χ1n) is 10.6. The highest BCUT2D eigenvalue weighted by atomic mass is 16.6. The van der Waals surface area contributed by atoms with Gasteiger partial charge in [-0.15, -0.1) is 0 Å². The van der Waals surface area contributed by atoms with Crippen LogP contribution < -0.4 is 18.9 Å². The van der Waals surface area contributed by atoms with Crippen molar-refractivity contribution in [2.24, 2.45) is 0 Å². The van der Waals surface area contributed by atoms with Gasteiger partial charge in [0.25, 0.3) is 0 Å². The van der Waals surface area contributed by atoms with Crippen LogP contribution in [0.15, 0.2) is 60.8 Å². The first kappa shape index (κ1) is 23.7. The maximum Gasteiger partial charge on any atom is 0.235 e. The minimum atomic E-state index is -0.497. The van der Waals surface area contributed by atoms with Crippen molar-refractivity contribution in [3.05, 3.63) is 76.5 Å². The van der Waals surface area contributed by atoms with Crippen molar-refractivity contribution in [1.29, 1.82) is 0 Å². The molecule has 3 rings (SSSR count). The maximum atomic E-state index is 11.2. The van der Waals surface area contributed by atoms with Crippen LogP contribution in [0.2, 0.25) is 0 Å². The van der Waals surface area contributed by atoms with Gasteiger partial charge in [0, 0.05) is 28.3 Å². The summed E-state index contributed by atoms with van der Waals surface area (Å²) in [6, 6.07) is 16.9. The normalized spacial score (nSPS) is 10.8. The molecule has 0 aliphatic rings. The summed E-state index contributed by atoms with van der Waals surface area (Å²) >= 11 is 0. The predicted molar refractivity (Wildman–Crippen MR) is 129 cm³/mol. The Kier molecular flexibility index (Phi) is 7.91. The number of hydrogen-bond donors (Lipinski definition) is 0. The molecule has 7 heteroatoms. The molecular weight excluding hydrogens is 422 g/mol. The lowest BCUT2D eigenvalue weighted by atomic mass is 9.91. The highest BCUT2D eigenvalue weighted by Gasteiger charge is 2.24. The van der Waals surface area contributed by atoms with Gasteiger partial charge in [0.2, 0.25) is 6.20 Å². The third kappa shape index (κ3) is 5.09. The maximum absolute atomic E-state index is 11.2. The minimum absolute atomic E-state index is 0.441. The zero-order valence-corrected chi connectivity index (χ0v) is 19.2. The molecule has 0 N–H and O–H groups in total. The van der Waals surface area contributed by atoms with Crippen LogP contribution in [0.5, 0.6) is 23.0 Å². The molecule has 0 unspecified atom stereocenters. The van der Waals surface area contributed by atoms with Crippen LogP contribution in [0.3, 0.4) is 0 Å². The van der Waals surface area contributed by atoms with Crippen molar-refractivity contribution in [1.82, 2.24) is 0 Å². The van der Waals surface area contributed by atoms with E-state index in [0.717, 1.165) is 17.3 Å². The second-order valence-electron chi connectivity index (χ2n) is 6.91. The lowest BCUT2D eigenvalue weighted by molar-refractivity contribution is -0.400. The number of benzene rings is 3. The Hall–Kier alpha value is -4.00. The molecule has 0 radical (unpaired) electrons. The lowest BCUT2D eigenvalue weighted by Gasteiger charge is -2.22. The van der Waals surface area contributed by atoms with Crippen molar-refractivity contribution < 1.29 is 23.9 Å². The molecule has 0 bridgehead atoms. The number of nitrogens with zero attached hydrogens (tertiary/aromatic N) is 1. The monoisotopic (exact) mass is 449 g/mol. The third-order valence-electron chi connectivity index (χ3n) is 4.98. The Morgan fingerprint density at radius 1 is 0.818 bits per heavy atom. The molecule has 0 heterocycles. The van der Waals surface area contributed by atoms with Gasteiger partial charge in [-0.25, -0.2) is 0 Å². The molecule has 33 heavy (non-hydrogen) atoms. The van der Waals surface area contributed by atoms with Crippen LogP contribution in [-0.4, -0.2) is 32.4 Å². The standard InChI is InChI=1S/C26H27NO6/c1-5-32-22-13-9-7-11-19(22)21-17-18(15-16-27(28)29)24(26(31-4)25(21)30-3)20-12-8-10-14-23(20)33-6-2/h7-17H,5-6H2,1-4H3/b16-15+. The molecule has 0 saturated heterocycles. The zero-order valence-electron chi connectivity index (χ0n) is 19.2. The number of methoxy groups -OCH3 is 2. The molecule has 0 spiro atoms. The van der Waals surface area contributed by atoms with E-state index in [1.165, 1.54) is 6.08 Å². The summed E-state index contributed by atoms with van der Waals surface area (Å²) in [5.74, 6) is 2.24. The van der Waals surface area contributed by atoms with Gasteiger partial charge in [0.15, 0.2) is 11.5 Å². The van der Waals surface area contributed by atoms with Crippen molar-refractivity contribution in [2.45, 2.75) is 13.8 Å². The Balaban J connectivity index is 2.42. The summed E-state index contributed by atoms with van der Waals surface area (Å²) < 4.78 is 23.3. The molecule has 0 amide bonds. The van der Waals surface area contributed by atoms with Gasteiger partial charge in [-0.3, -0.25) is 10.1 Å². The number of nitro groups is 1. The van der Waals surface area contributed by atoms with Crippen molar-refractivity contribution >= 4 is 6.08 Å². The summed E-state index contributed by atoms with van der Waals surface area (Å²) in [4.78, 5) is 10.7. The van der Waals surface area contributed by atoms with Crippen LogP contribution in [0.25, 0.3) is 28.3 Å². The third-order valence-corrected chi connectivity index (χ3v) is 4.98. The molecule has 3 aromatic carbocycles. The lowest BCUT2D eigenvalue weighted by Crippen LogP contribution is -2.02. The summed E-state index contributed by atoms with van der Waals surface area (Å²) in [5.41, 5.74) is 3.43. The SMILES string of the molecule is CCOc1ccccc1-c1cc(/C=C/[N+](=O)[O-])c(-c2ccccc2OCC)c(OC)c1OC. The molecule has 7 nitrogen and oxygen atoms in total. The average Bonchev–Trinajstić information content (AvgIpc) is 2.83. The largest absolute Gasteiger partial charge is 0.493 e. The molecule has 0 saturated carbocycles. The highest BCUT2D eigenvalue weighted by molar-refractivity contribution is 5.92. The Morgan fingerprint density at radius 2 is 1.36 bits per heavy atom. The van der Waals surface area contributed by atoms with Crippen LogP contribution in [0, 0.1) is 10.1 Å². The number of rotatable bonds is 10. The van der Waals surface area contributed by atoms with E-state index in [9.17, 15) is 10.1 Å². The average molecular weight is 450 g/mol. The Morgan fingerprint density at radius 3 is 1.91 bits per heavy atom. The van der Waals surface area contributed by atoms with Crippen molar-refractivity contribution in [3.8, 4) is 45.3 Å². The fourth-order valence-electron chi connectivity index (χ4n) is 3.73. The van der Waals surface area contributed by atoms with E-state index in [2.05, 4.69) is 0 Å². The molecule has 3 aromatic rings. The number of ether oxygens (including phenoxy) is 4. The van der Waals surface area contributed by atoms with Gasteiger partial charge in [-0.1, -0.05) is 36.4 Å². The molecule has 172 valence electrons. The van der Waals surface area contributed by atoms with Gasteiger partial charge in [0.05, 0.1) is 32.4 Å². The van der Waals surface area contributed by atoms with E-state index in [-0.39, 0.29) is 0 Å². The van der Waals surface area contributed by atoms with E-state index in [0.29, 0.717) is 52.9 Å². The van der Waals surface area contributed by atoms with E-state index in [1.54, 1.807) is 14.2 Å².